The first kappa shape index (κ1) is 13.4. The van der Waals surface area contributed by atoms with E-state index in [0.29, 0.717) is 5.56 Å². The Bertz CT molecular complexity index is 289. The molecule has 14 heavy (non-hydrogen) atoms. The van der Waals surface area contributed by atoms with Gasteiger partial charge in [0.2, 0.25) is 0 Å². The summed E-state index contributed by atoms with van der Waals surface area (Å²) >= 11 is 0. The Morgan fingerprint density at radius 1 is 1.43 bits per heavy atom. The van der Waals surface area contributed by atoms with E-state index in [2.05, 4.69) is 0 Å². The Hall–Kier alpha value is -0.600. The van der Waals surface area contributed by atoms with E-state index in [1.807, 2.05) is 19.9 Å². The summed E-state index contributed by atoms with van der Waals surface area (Å²) in [6.45, 7) is 3.92. The topological polar surface area (TPSA) is 26.0 Å². The molecule has 0 aliphatic rings. The molecular weight excluding hydrogens is 201 g/mol. The van der Waals surface area contributed by atoms with Crippen molar-refractivity contribution in [1.82, 2.24) is 0 Å². The maximum atomic E-state index is 13.3. The van der Waals surface area contributed by atoms with E-state index in [1.54, 1.807) is 6.07 Å². The standard InChI is InChI=1S/C11H16FN.ClH/c1-3-4-11(13)9-6-5-8(2)7-10(9)12;/h5-7,11H,3-4,13H2,1-2H3;1H/t11-;/m0./s1. The van der Waals surface area contributed by atoms with Gasteiger partial charge in [0.05, 0.1) is 0 Å². The fraction of sp³-hybridized carbons (Fsp3) is 0.455. The molecule has 1 nitrogen and oxygen atoms in total. The average molecular weight is 218 g/mol. The fourth-order valence-corrected chi connectivity index (χ4v) is 1.40. The third kappa shape index (κ3) is 3.28. The van der Waals surface area contributed by atoms with Crippen LogP contribution in [0.3, 0.4) is 0 Å². The average Bonchev–Trinajstić information content (AvgIpc) is 2.04. The van der Waals surface area contributed by atoms with Crippen LogP contribution < -0.4 is 5.73 Å². The SMILES string of the molecule is CCC[C@H](N)c1ccc(C)cc1F.Cl. The zero-order valence-electron chi connectivity index (χ0n) is 8.59. The predicted octanol–water partition coefficient (Wildman–Crippen LogP) is 3.36. The molecule has 0 spiro atoms. The molecule has 3 heteroatoms. The van der Waals surface area contributed by atoms with E-state index in [1.165, 1.54) is 6.07 Å². The fourth-order valence-electron chi connectivity index (χ4n) is 1.40. The molecule has 2 N–H and O–H groups in total. The van der Waals surface area contributed by atoms with Gasteiger partial charge in [0.25, 0.3) is 0 Å². The number of halogens is 2. The first-order valence-corrected chi connectivity index (χ1v) is 4.66. The van der Waals surface area contributed by atoms with E-state index in [-0.39, 0.29) is 24.3 Å². The smallest absolute Gasteiger partial charge is 0.128 e. The van der Waals surface area contributed by atoms with Crippen LogP contribution >= 0.6 is 12.4 Å². The summed E-state index contributed by atoms with van der Waals surface area (Å²) in [6, 6.07) is 5.05. The third-order valence-corrected chi connectivity index (χ3v) is 2.16. The van der Waals surface area contributed by atoms with Crippen molar-refractivity contribution in [2.24, 2.45) is 5.73 Å². The van der Waals surface area contributed by atoms with E-state index >= 15 is 0 Å². The molecule has 80 valence electrons. The number of nitrogens with two attached hydrogens (primary N) is 1. The zero-order chi connectivity index (χ0) is 9.84. The lowest BCUT2D eigenvalue weighted by molar-refractivity contribution is 0.559. The molecule has 0 radical (unpaired) electrons. The van der Waals surface area contributed by atoms with Crippen LogP contribution in [0.25, 0.3) is 0 Å². The minimum atomic E-state index is -0.180. The largest absolute Gasteiger partial charge is 0.324 e. The predicted molar refractivity (Wildman–Crippen MR) is 60.2 cm³/mol. The summed E-state index contributed by atoms with van der Waals surface area (Å²) in [5, 5.41) is 0. The summed E-state index contributed by atoms with van der Waals surface area (Å²) in [6.07, 6.45) is 1.81. The van der Waals surface area contributed by atoms with Gasteiger partial charge in [-0.1, -0.05) is 25.5 Å². The maximum Gasteiger partial charge on any atom is 0.128 e. The summed E-state index contributed by atoms with van der Waals surface area (Å²) in [5.41, 5.74) is 7.38. The Kier molecular flexibility index (Phi) is 5.73. The minimum absolute atomic E-state index is 0. The van der Waals surface area contributed by atoms with Crippen LogP contribution in [0, 0.1) is 12.7 Å². The zero-order valence-corrected chi connectivity index (χ0v) is 9.40. The summed E-state index contributed by atoms with van der Waals surface area (Å²) < 4.78 is 13.3. The molecule has 0 amide bonds. The summed E-state index contributed by atoms with van der Waals surface area (Å²) in [7, 11) is 0. The van der Waals surface area contributed by atoms with Gasteiger partial charge >= 0.3 is 0 Å². The van der Waals surface area contributed by atoms with Gasteiger partial charge < -0.3 is 5.73 Å². The normalized spacial score (nSPS) is 12.0. The van der Waals surface area contributed by atoms with Crippen LogP contribution in [0.4, 0.5) is 4.39 Å². The van der Waals surface area contributed by atoms with Crippen LogP contribution in [0.2, 0.25) is 0 Å². The van der Waals surface area contributed by atoms with Crippen molar-refractivity contribution >= 4 is 12.4 Å². The van der Waals surface area contributed by atoms with E-state index in [4.69, 9.17) is 5.73 Å². The molecule has 1 aromatic rings. The quantitative estimate of drug-likeness (QED) is 0.826. The molecule has 0 aromatic heterocycles. The lowest BCUT2D eigenvalue weighted by atomic mass is 10.0. The van der Waals surface area contributed by atoms with Crippen molar-refractivity contribution < 1.29 is 4.39 Å². The van der Waals surface area contributed by atoms with Crippen LogP contribution in [0.15, 0.2) is 18.2 Å². The highest BCUT2D eigenvalue weighted by Gasteiger charge is 2.09. The Balaban J connectivity index is 0.00000169. The van der Waals surface area contributed by atoms with Gasteiger partial charge in [0.1, 0.15) is 5.82 Å². The Morgan fingerprint density at radius 2 is 2.07 bits per heavy atom. The first-order chi connectivity index (χ1) is 6.15. The summed E-state index contributed by atoms with van der Waals surface area (Å²) in [5.74, 6) is -0.180. The van der Waals surface area contributed by atoms with Gasteiger partial charge in [0, 0.05) is 11.6 Å². The Morgan fingerprint density at radius 3 is 2.57 bits per heavy atom. The molecule has 0 saturated heterocycles. The van der Waals surface area contributed by atoms with Crippen molar-refractivity contribution in [3.05, 3.63) is 35.1 Å². The second-order valence-electron chi connectivity index (χ2n) is 3.42. The van der Waals surface area contributed by atoms with Gasteiger partial charge in [-0.25, -0.2) is 4.39 Å². The molecule has 1 atom stereocenters. The molecule has 0 unspecified atom stereocenters. The maximum absolute atomic E-state index is 13.3. The molecule has 1 rings (SSSR count). The van der Waals surface area contributed by atoms with Crippen molar-refractivity contribution in [3.8, 4) is 0 Å². The molecule has 0 bridgehead atoms. The van der Waals surface area contributed by atoms with Crippen LogP contribution in [0.1, 0.15) is 36.9 Å². The van der Waals surface area contributed by atoms with Crippen molar-refractivity contribution in [2.75, 3.05) is 0 Å². The highest BCUT2D eigenvalue weighted by Crippen LogP contribution is 2.19. The highest BCUT2D eigenvalue weighted by atomic mass is 35.5. The van der Waals surface area contributed by atoms with Gasteiger partial charge in [-0.05, 0) is 25.0 Å². The molecule has 1 aromatic carbocycles. The molecule has 0 fully saturated rings. The monoisotopic (exact) mass is 217 g/mol. The minimum Gasteiger partial charge on any atom is -0.324 e. The van der Waals surface area contributed by atoms with Crippen LogP contribution in [0.5, 0.6) is 0 Å². The van der Waals surface area contributed by atoms with E-state index < -0.39 is 0 Å². The third-order valence-electron chi connectivity index (χ3n) is 2.16. The molecule has 0 aliphatic heterocycles. The molecular formula is C11H17ClFN. The second kappa shape index (κ2) is 5.99. The number of aryl methyl sites for hydroxylation is 1. The summed E-state index contributed by atoms with van der Waals surface area (Å²) in [4.78, 5) is 0. The highest BCUT2D eigenvalue weighted by molar-refractivity contribution is 5.85. The Labute approximate surface area is 90.9 Å². The first-order valence-electron chi connectivity index (χ1n) is 4.66. The van der Waals surface area contributed by atoms with Crippen molar-refractivity contribution in [3.63, 3.8) is 0 Å². The second-order valence-corrected chi connectivity index (χ2v) is 3.42. The van der Waals surface area contributed by atoms with Gasteiger partial charge in [-0.15, -0.1) is 12.4 Å². The van der Waals surface area contributed by atoms with Crippen molar-refractivity contribution in [2.45, 2.75) is 32.7 Å². The number of rotatable bonds is 3. The van der Waals surface area contributed by atoms with Gasteiger partial charge in [-0.2, -0.15) is 0 Å². The lowest BCUT2D eigenvalue weighted by Gasteiger charge is -2.11. The van der Waals surface area contributed by atoms with Gasteiger partial charge in [-0.3, -0.25) is 0 Å². The van der Waals surface area contributed by atoms with E-state index in [0.717, 1.165) is 18.4 Å². The molecule has 0 heterocycles. The van der Waals surface area contributed by atoms with E-state index in [9.17, 15) is 4.39 Å². The van der Waals surface area contributed by atoms with Crippen LogP contribution in [-0.2, 0) is 0 Å². The van der Waals surface area contributed by atoms with Gasteiger partial charge in [0.15, 0.2) is 0 Å². The molecule has 0 saturated carbocycles. The number of benzene rings is 1. The lowest BCUT2D eigenvalue weighted by Crippen LogP contribution is -2.11. The number of hydrogen-bond acceptors (Lipinski definition) is 1. The number of hydrogen-bond donors (Lipinski definition) is 1. The van der Waals surface area contributed by atoms with Crippen LogP contribution in [-0.4, -0.2) is 0 Å². The molecule has 0 aliphatic carbocycles. The van der Waals surface area contributed by atoms with Crippen molar-refractivity contribution in [1.29, 1.82) is 0 Å².